The molecule has 1 aromatic heterocycles. The van der Waals surface area contributed by atoms with Crippen LogP contribution in [0.4, 0.5) is 0 Å². The van der Waals surface area contributed by atoms with Gasteiger partial charge in [0.1, 0.15) is 27.0 Å². The summed E-state index contributed by atoms with van der Waals surface area (Å²) in [5.41, 5.74) is 4.25. The highest BCUT2D eigenvalue weighted by molar-refractivity contribution is 7.19. The quantitative estimate of drug-likeness (QED) is 0.681. The van der Waals surface area contributed by atoms with Gasteiger partial charge in [-0.2, -0.15) is 0 Å². The Morgan fingerprint density at radius 1 is 1.31 bits per heavy atom. The van der Waals surface area contributed by atoms with E-state index in [4.69, 9.17) is 0 Å². The number of thiazole rings is 1. The van der Waals surface area contributed by atoms with Crippen LogP contribution in [0.2, 0.25) is 0 Å². The number of benzene rings is 1. The minimum absolute atomic E-state index is 0.376. The largest absolute Gasteiger partial charge is 0.506 e. The number of rotatable bonds is 1. The summed E-state index contributed by atoms with van der Waals surface area (Å²) in [6.45, 7) is 2.12. The average Bonchev–Trinajstić information content (AvgIpc) is 3.03. The molecule has 0 atom stereocenters. The molecule has 0 bridgehead atoms. The number of hydrogen-bond acceptors (Lipinski definition) is 3. The van der Waals surface area contributed by atoms with Gasteiger partial charge in [-0.25, -0.2) is 4.98 Å². The summed E-state index contributed by atoms with van der Waals surface area (Å²) in [4.78, 5) is 4.61. The van der Waals surface area contributed by atoms with E-state index in [0.717, 1.165) is 11.0 Å². The predicted octanol–water partition coefficient (Wildman–Crippen LogP) is -0.295. The number of phenolic OH excluding ortho intramolecular Hbond substituents is 1. The first-order chi connectivity index (χ1) is 7.59. The van der Waals surface area contributed by atoms with Gasteiger partial charge in [-0.05, 0) is 25.3 Å². The fourth-order valence-corrected chi connectivity index (χ4v) is 3.36. The summed E-state index contributed by atoms with van der Waals surface area (Å²) in [7, 11) is 4.04. The third-order valence-corrected chi connectivity index (χ3v) is 4.95. The Morgan fingerprint density at radius 3 is 2.62 bits per heavy atom. The second-order valence-electron chi connectivity index (χ2n) is 4.73. The zero-order valence-electron chi connectivity index (χ0n) is 9.79. The molecule has 1 fully saturated rings. The van der Waals surface area contributed by atoms with E-state index in [2.05, 4.69) is 19.8 Å². The number of aromatic nitrogens is 1. The lowest BCUT2D eigenvalue weighted by atomic mass is 9.77. The third kappa shape index (κ3) is 1.31. The SMILES string of the molecule is Bc1c(B)c(C)c2sc(C3CC3)nc2c1O. The van der Waals surface area contributed by atoms with Gasteiger partial charge in [-0.15, -0.1) is 11.3 Å². The maximum absolute atomic E-state index is 10.1. The summed E-state index contributed by atoms with van der Waals surface area (Å²) in [5.74, 6) is 1.04. The molecule has 3 rings (SSSR count). The molecule has 16 heavy (non-hydrogen) atoms. The molecule has 80 valence electrons. The molecule has 1 aliphatic rings. The minimum atomic E-state index is 0.376. The van der Waals surface area contributed by atoms with Crippen molar-refractivity contribution < 1.29 is 5.11 Å². The second kappa shape index (κ2) is 3.27. The van der Waals surface area contributed by atoms with Crippen LogP contribution in [0.25, 0.3) is 10.2 Å². The molecule has 0 unspecified atom stereocenters. The van der Waals surface area contributed by atoms with Gasteiger partial charge in [0, 0.05) is 5.92 Å². The van der Waals surface area contributed by atoms with E-state index in [9.17, 15) is 5.11 Å². The van der Waals surface area contributed by atoms with Crippen LogP contribution in [0.5, 0.6) is 5.75 Å². The van der Waals surface area contributed by atoms with Crippen molar-refractivity contribution >= 4 is 48.2 Å². The maximum atomic E-state index is 10.1. The zero-order valence-corrected chi connectivity index (χ0v) is 10.6. The van der Waals surface area contributed by atoms with Crippen molar-refractivity contribution in [3.63, 3.8) is 0 Å². The topological polar surface area (TPSA) is 33.1 Å². The monoisotopic (exact) mass is 229 g/mol. The van der Waals surface area contributed by atoms with Gasteiger partial charge >= 0.3 is 0 Å². The molecule has 1 heterocycles. The van der Waals surface area contributed by atoms with Crippen LogP contribution in [0, 0.1) is 6.92 Å². The molecule has 1 saturated carbocycles. The number of phenols is 1. The molecule has 5 heteroatoms. The van der Waals surface area contributed by atoms with Gasteiger partial charge in [-0.1, -0.05) is 10.9 Å². The van der Waals surface area contributed by atoms with Crippen LogP contribution in [-0.2, 0) is 0 Å². The lowest BCUT2D eigenvalue weighted by Crippen LogP contribution is -2.28. The molecule has 1 N–H and O–H groups in total. The van der Waals surface area contributed by atoms with E-state index >= 15 is 0 Å². The van der Waals surface area contributed by atoms with Crippen molar-refractivity contribution in [3.05, 3.63) is 10.6 Å². The second-order valence-corrected chi connectivity index (χ2v) is 5.76. The van der Waals surface area contributed by atoms with E-state index in [1.165, 1.54) is 33.6 Å². The minimum Gasteiger partial charge on any atom is -0.506 e. The standard InChI is InChI=1S/C11H13B2NOS/c1-4-6(12)7(13)9(15)8-10(4)16-11(14-8)5-2-3-5/h5,15H,2-3,12-13H2,1H3. The molecular weight excluding hydrogens is 216 g/mol. The highest BCUT2D eigenvalue weighted by atomic mass is 32.1. The Labute approximate surface area is 101 Å². The van der Waals surface area contributed by atoms with Gasteiger partial charge in [0.05, 0.1) is 9.71 Å². The van der Waals surface area contributed by atoms with Crippen molar-refractivity contribution in [1.29, 1.82) is 0 Å². The molecule has 2 nitrogen and oxygen atoms in total. The number of aryl methyl sites for hydroxylation is 1. The van der Waals surface area contributed by atoms with E-state index in [1.807, 2.05) is 7.85 Å². The van der Waals surface area contributed by atoms with Gasteiger partial charge < -0.3 is 5.11 Å². The van der Waals surface area contributed by atoms with Crippen LogP contribution in [0.1, 0.15) is 29.3 Å². The summed E-state index contributed by atoms with van der Waals surface area (Å²) in [5, 5.41) is 11.3. The highest BCUT2D eigenvalue weighted by Crippen LogP contribution is 2.44. The first kappa shape index (κ1) is 10.2. The van der Waals surface area contributed by atoms with Crippen molar-refractivity contribution in [2.24, 2.45) is 0 Å². The Kier molecular flexibility index (Phi) is 2.08. The average molecular weight is 229 g/mol. The van der Waals surface area contributed by atoms with Gasteiger partial charge in [-0.3, -0.25) is 0 Å². The van der Waals surface area contributed by atoms with E-state index in [0.29, 0.717) is 11.7 Å². The molecule has 1 aromatic carbocycles. The van der Waals surface area contributed by atoms with Crippen molar-refractivity contribution in [2.75, 3.05) is 0 Å². The zero-order chi connectivity index (χ0) is 11.4. The molecule has 0 amide bonds. The summed E-state index contributed by atoms with van der Waals surface area (Å²) in [6.07, 6.45) is 2.52. The van der Waals surface area contributed by atoms with Crippen LogP contribution in [0.15, 0.2) is 0 Å². The Hall–Kier alpha value is -0.960. The number of aromatic hydroxyl groups is 1. The number of fused-ring (bicyclic) bond motifs is 1. The summed E-state index contributed by atoms with van der Waals surface area (Å²) < 4.78 is 1.17. The maximum Gasteiger partial charge on any atom is 0.143 e. The Bertz CT molecular complexity index is 544. The first-order valence-electron chi connectivity index (χ1n) is 5.68. The van der Waals surface area contributed by atoms with Gasteiger partial charge in [0.2, 0.25) is 0 Å². The molecule has 0 radical (unpaired) electrons. The van der Waals surface area contributed by atoms with Gasteiger partial charge in [0.25, 0.3) is 0 Å². The smallest absolute Gasteiger partial charge is 0.143 e. The molecule has 0 saturated heterocycles. The summed E-state index contributed by atoms with van der Waals surface area (Å²) >= 11 is 1.76. The lowest BCUT2D eigenvalue weighted by molar-refractivity contribution is 0.485. The first-order valence-corrected chi connectivity index (χ1v) is 6.50. The van der Waals surface area contributed by atoms with Crippen LogP contribution in [0.3, 0.4) is 0 Å². The fourth-order valence-electron chi connectivity index (χ4n) is 2.06. The molecular formula is C11H13B2NOS. The fraction of sp³-hybridized carbons (Fsp3) is 0.364. The summed E-state index contributed by atoms with van der Waals surface area (Å²) in [6, 6.07) is 0. The van der Waals surface area contributed by atoms with Crippen molar-refractivity contribution in [3.8, 4) is 5.75 Å². The highest BCUT2D eigenvalue weighted by Gasteiger charge is 2.28. The van der Waals surface area contributed by atoms with Gasteiger partial charge in [0.15, 0.2) is 0 Å². The van der Waals surface area contributed by atoms with Crippen LogP contribution in [-0.4, -0.2) is 25.8 Å². The number of hydrogen-bond donors (Lipinski definition) is 1. The predicted molar refractivity (Wildman–Crippen MR) is 74.4 cm³/mol. The van der Waals surface area contributed by atoms with Crippen LogP contribution >= 0.6 is 11.3 Å². The Balaban J connectivity index is 2.36. The number of nitrogens with zero attached hydrogens (tertiary/aromatic N) is 1. The third-order valence-electron chi connectivity index (χ3n) is 3.62. The van der Waals surface area contributed by atoms with Crippen molar-refractivity contribution in [2.45, 2.75) is 25.7 Å². The Morgan fingerprint density at radius 2 is 2.00 bits per heavy atom. The lowest BCUT2D eigenvalue weighted by Gasteiger charge is -2.08. The van der Waals surface area contributed by atoms with E-state index in [-0.39, 0.29) is 0 Å². The van der Waals surface area contributed by atoms with Crippen LogP contribution < -0.4 is 10.9 Å². The molecule has 0 aliphatic heterocycles. The van der Waals surface area contributed by atoms with E-state index < -0.39 is 0 Å². The molecule has 1 aliphatic carbocycles. The normalized spacial score (nSPS) is 15.8. The van der Waals surface area contributed by atoms with E-state index in [1.54, 1.807) is 11.3 Å². The molecule has 0 spiro atoms. The molecule has 2 aromatic rings. The van der Waals surface area contributed by atoms with Crippen molar-refractivity contribution in [1.82, 2.24) is 4.98 Å².